The zero-order valence-electron chi connectivity index (χ0n) is 12.4. The molecule has 0 saturated heterocycles. The van der Waals surface area contributed by atoms with Crippen molar-refractivity contribution in [3.8, 4) is 0 Å². The standard InChI is InChI=1S/C15H20N2O3S/c1-15(2,20-3)10-17-21(18,19)14-6-4-5-11-9-12(16)7-8-13(11)14/h4-9,17H,10,16H2,1-3H3. The third-order valence-corrected chi connectivity index (χ3v) is 4.85. The van der Waals surface area contributed by atoms with Gasteiger partial charge in [-0.1, -0.05) is 18.2 Å². The van der Waals surface area contributed by atoms with Crippen molar-refractivity contribution >= 4 is 26.5 Å². The van der Waals surface area contributed by atoms with Crippen LogP contribution in [0, 0.1) is 0 Å². The number of benzene rings is 2. The lowest BCUT2D eigenvalue weighted by Crippen LogP contribution is -2.39. The van der Waals surface area contributed by atoms with Gasteiger partial charge in [0.2, 0.25) is 10.0 Å². The Kier molecular flexibility index (Phi) is 4.22. The average Bonchev–Trinajstić information content (AvgIpc) is 2.44. The molecule has 0 fully saturated rings. The van der Waals surface area contributed by atoms with E-state index in [4.69, 9.17) is 10.5 Å². The molecular formula is C15H20N2O3S. The molecule has 0 aliphatic carbocycles. The van der Waals surface area contributed by atoms with Crippen molar-refractivity contribution in [2.75, 3.05) is 19.4 Å². The van der Waals surface area contributed by atoms with E-state index < -0.39 is 15.6 Å². The monoisotopic (exact) mass is 308 g/mol. The lowest BCUT2D eigenvalue weighted by atomic mass is 10.1. The summed E-state index contributed by atoms with van der Waals surface area (Å²) < 4.78 is 32.8. The Balaban J connectivity index is 2.41. The summed E-state index contributed by atoms with van der Waals surface area (Å²) in [6, 6.07) is 10.3. The van der Waals surface area contributed by atoms with Gasteiger partial charge in [-0.15, -0.1) is 0 Å². The van der Waals surface area contributed by atoms with E-state index in [1.54, 1.807) is 37.4 Å². The Bertz CT molecular complexity index is 755. The molecule has 0 heterocycles. The summed E-state index contributed by atoms with van der Waals surface area (Å²) in [6.45, 7) is 3.83. The Hall–Kier alpha value is -1.63. The van der Waals surface area contributed by atoms with Crippen molar-refractivity contribution in [2.24, 2.45) is 0 Å². The first-order valence-electron chi connectivity index (χ1n) is 6.58. The number of nitrogens with two attached hydrogens (primary N) is 1. The molecule has 0 saturated carbocycles. The van der Waals surface area contributed by atoms with Crippen molar-refractivity contribution in [3.05, 3.63) is 36.4 Å². The number of nitrogen functional groups attached to an aromatic ring is 1. The summed E-state index contributed by atoms with van der Waals surface area (Å²) in [5.74, 6) is 0. The molecule has 0 aromatic heterocycles. The Morgan fingerprint density at radius 3 is 2.62 bits per heavy atom. The van der Waals surface area contributed by atoms with E-state index in [2.05, 4.69) is 4.72 Å². The fraction of sp³-hybridized carbons (Fsp3) is 0.333. The van der Waals surface area contributed by atoms with Gasteiger partial charge in [0.1, 0.15) is 0 Å². The molecule has 0 unspecified atom stereocenters. The van der Waals surface area contributed by atoms with Gasteiger partial charge >= 0.3 is 0 Å². The van der Waals surface area contributed by atoms with E-state index in [1.807, 2.05) is 19.9 Å². The Morgan fingerprint density at radius 1 is 1.24 bits per heavy atom. The van der Waals surface area contributed by atoms with Crippen LogP contribution in [0.4, 0.5) is 5.69 Å². The van der Waals surface area contributed by atoms with E-state index in [1.165, 1.54) is 0 Å². The van der Waals surface area contributed by atoms with Gasteiger partial charge in [0.05, 0.1) is 10.5 Å². The van der Waals surface area contributed by atoms with E-state index >= 15 is 0 Å². The number of rotatable bonds is 5. The van der Waals surface area contributed by atoms with Crippen LogP contribution >= 0.6 is 0 Å². The predicted molar refractivity (Wildman–Crippen MR) is 84.6 cm³/mol. The smallest absolute Gasteiger partial charge is 0.241 e. The van der Waals surface area contributed by atoms with Crippen LogP contribution in [0.1, 0.15) is 13.8 Å². The van der Waals surface area contributed by atoms with Crippen LogP contribution in [0.2, 0.25) is 0 Å². The second-order valence-electron chi connectivity index (χ2n) is 5.53. The first-order valence-corrected chi connectivity index (χ1v) is 8.06. The number of hydrogen-bond acceptors (Lipinski definition) is 4. The molecule has 3 N–H and O–H groups in total. The molecule has 0 amide bonds. The van der Waals surface area contributed by atoms with Crippen LogP contribution in [0.15, 0.2) is 41.3 Å². The molecule has 2 rings (SSSR count). The van der Waals surface area contributed by atoms with Crippen molar-refractivity contribution in [1.29, 1.82) is 0 Å². The second kappa shape index (κ2) is 5.63. The highest BCUT2D eigenvalue weighted by atomic mass is 32.2. The summed E-state index contributed by atoms with van der Waals surface area (Å²) in [6.07, 6.45) is 0. The van der Waals surface area contributed by atoms with E-state index in [0.29, 0.717) is 11.1 Å². The van der Waals surface area contributed by atoms with Gasteiger partial charge in [0.15, 0.2) is 0 Å². The van der Waals surface area contributed by atoms with E-state index in [0.717, 1.165) is 5.39 Å². The Morgan fingerprint density at radius 2 is 1.95 bits per heavy atom. The molecule has 0 spiro atoms. The van der Waals surface area contributed by atoms with Crippen LogP contribution < -0.4 is 10.5 Å². The maximum absolute atomic E-state index is 12.5. The van der Waals surface area contributed by atoms with E-state index in [9.17, 15) is 8.42 Å². The molecule has 114 valence electrons. The lowest BCUT2D eigenvalue weighted by Gasteiger charge is -2.23. The van der Waals surface area contributed by atoms with Crippen molar-refractivity contribution in [1.82, 2.24) is 4.72 Å². The fourth-order valence-corrected chi connectivity index (χ4v) is 3.35. The summed E-state index contributed by atoms with van der Waals surface area (Å²) in [7, 11) is -2.06. The van der Waals surface area contributed by atoms with Crippen LogP contribution in [0.3, 0.4) is 0 Å². The summed E-state index contributed by atoms with van der Waals surface area (Å²) in [5, 5.41) is 1.44. The largest absolute Gasteiger partial charge is 0.399 e. The van der Waals surface area contributed by atoms with Crippen molar-refractivity contribution in [2.45, 2.75) is 24.3 Å². The molecule has 2 aromatic rings. The van der Waals surface area contributed by atoms with Crippen LogP contribution in [-0.2, 0) is 14.8 Å². The van der Waals surface area contributed by atoms with Gasteiger partial charge in [-0.2, -0.15) is 0 Å². The minimum atomic E-state index is -3.61. The number of methoxy groups -OCH3 is 1. The lowest BCUT2D eigenvalue weighted by molar-refractivity contribution is 0.0276. The number of ether oxygens (including phenoxy) is 1. The first-order chi connectivity index (χ1) is 9.75. The molecule has 21 heavy (non-hydrogen) atoms. The minimum Gasteiger partial charge on any atom is -0.399 e. The third-order valence-electron chi connectivity index (χ3n) is 3.39. The molecule has 0 bridgehead atoms. The van der Waals surface area contributed by atoms with Crippen molar-refractivity contribution < 1.29 is 13.2 Å². The highest BCUT2D eigenvalue weighted by Crippen LogP contribution is 2.25. The van der Waals surface area contributed by atoms with Gasteiger partial charge < -0.3 is 10.5 Å². The highest BCUT2D eigenvalue weighted by Gasteiger charge is 2.23. The van der Waals surface area contributed by atoms with Crippen molar-refractivity contribution in [3.63, 3.8) is 0 Å². The summed E-state index contributed by atoms with van der Waals surface area (Å²) in [4.78, 5) is 0.243. The second-order valence-corrected chi connectivity index (χ2v) is 7.26. The van der Waals surface area contributed by atoms with Crippen LogP contribution in [-0.4, -0.2) is 27.7 Å². The number of hydrogen-bond donors (Lipinski definition) is 2. The molecule has 5 nitrogen and oxygen atoms in total. The normalized spacial score (nSPS) is 12.7. The summed E-state index contributed by atoms with van der Waals surface area (Å²) in [5.41, 5.74) is 5.77. The highest BCUT2D eigenvalue weighted by molar-refractivity contribution is 7.89. The number of nitrogens with one attached hydrogen (secondary N) is 1. The number of fused-ring (bicyclic) bond motifs is 1. The van der Waals surface area contributed by atoms with Gasteiger partial charge in [-0.3, -0.25) is 0 Å². The number of anilines is 1. The molecule has 0 atom stereocenters. The van der Waals surface area contributed by atoms with E-state index in [-0.39, 0.29) is 11.4 Å². The molecular weight excluding hydrogens is 288 g/mol. The SMILES string of the molecule is COC(C)(C)CNS(=O)(=O)c1cccc2cc(N)ccc12. The quantitative estimate of drug-likeness (QED) is 0.829. The third kappa shape index (κ3) is 3.53. The molecule has 2 aromatic carbocycles. The van der Waals surface area contributed by atoms with Gasteiger partial charge in [-0.05, 0) is 37.4 Å². The van der Waals surface area contributed by atoms with Crippen LogP contribution in [0.5, 0.6) is 0 Å². The topological polar surface area (TPSA) is 81.4 Å². The molecule has 0 radical (unpaired) electrons. The van der Waals surface area contributed by atoms with Gasteiger partial charge in [0, 0.05) is 24.7 Å². The zero-order valence-corrected chi connectivity index (χ0v) is 13.2. The molecule has 6 heteroatoms. The molecule has 0 aliphatic rings. The van der Waals surface area contributed by atoms with Gasteiger partial charge in [0.25, 0.3) is 0 Å². The van der Waals surface area contributed by atoms with Gasteiger partial charge in [-0.25, -0.2) is 13.1 Å². The predicted octanol–water partition coefficient (Wildman–Crippen LogP) is 2.13. The maximum atomic E-state index is 12.5. The van der Waals surface area contributed by atoms with Crippen LogP contribution in [0.25, 0.3) is 10.8 Å². The fourth-order valence-electron chi connectivity index (χ4n) is 1.93. The zero-order chi connectivity index (χ0) is 15.7. The Labute approximate surface area is 125 Å². The molecule has 0 aliphatic heterocycles. The first kappa shape index (κ1) is 15.8. The maximum Gasteiger partial charge on any atom is 0.241 e. The summed E-state index contributed by atoms with van der Waals surface area (Å²) >= 11 is 0. The minimum absolute atomic E-state index is 0.192. The number of sulfonamides is 1. The average molecular weight is 308 g/mol.